The normalized spacial score (nSPS) is 19.1. The standard InChI is InChI=1S/C28H36N4O4/c1-20-8-7-10-22(18-20)26(34)32-24(25(33)29-14-17-30(3)4)19-36-28(32)12-15-31(16-13-28)27(35)23-11-6-5-9-21(23)2/h5-11,18,24H,12-17,19H2,1-4H3,(H,29,33). The molecule has 1 N–H and O–H groups in total. The summed E-state index contributed by atoms with van der Waals surface area (Å²) in [6.07, 6.45) is 0.896. The second-order valence-electron chi connectivity index (χ2n) is 10.0. The zero-order chi connectivity index (χ0) is 25.9. The molecule has 1 atom stereocenters. The molecule has 2 aromatic carbocycles. The van der Waals surface area contributed by atoms with Gasteiger partial charge in [-0.1, -0.05) is 35.9 Å². The Morgan fingerprint density at radius 3 is 2.42 bits per heavy atom. The number of rotatable bonds is 6. The summed E-state index contributed by atoms with van der Waals surface area (Å²) in [7, 11) is 3.89. The van der Waals surface area contributed by atoms with Gasteiger partial charge in [-0.15, -0.1) is 0 Å². The highest BCUT2D eigenvalue weighted by Gasteiger charge is 2.54. The highest BCUT2D eigenvalue weighted by Crippen LogP contribution is 2.39. The predicted molar refractivity (Wildman–Crippen MR) is 138 cm³/mol. The van der Waals surface area contributed by atoms with Crippen molar-refractivity contribution in [1.29, 1.82) is 0 Å². The van der Waals surface area contributed by atoms with Crippen molar-refractivity contribution in [3.05, 3.63) is 70.8 Å². The molecule has 3 amide bonds. The van der Waals surface area contributed by atoms with E-state index in [0.717, 1.165) is 11.1 Å². The average molecular weight is 493 g/mol. The first-order valence-corrected chi connectivity index (χ1v) is 12.5. The fourth-order valence-corrected chi connectivity index (χ4v) is 5.05. The largest absolute Gasteiger partial charge is 0.353 e. The smallest absolute Gasteiger partial charge is 0.256 e. The maximum absolute atomic E-state index is 13.8. The number of benzene rings is 2. The first-order valence-electron chi connectivity index (χ1n) is 12.5. The molecular weight excluding hydrogens is 456 g/mol. The number of piperidine rings is 1. The van der Waals surface area contributed by atoms with Crippen LogP contribution in [0.4, 0.5) is 0 Å². The van der Waals surface area contributed by atoms with Crippen molar-refractivity contribution in [2.75, 3.05) is 46.9 Å². The van der Waals surface area contributed by atoms with Gasteiger partial charge in [0.15, 0.2) is 0 Å². The van der Waals surface area contributed by atoms with E-state index in [-0.39, 0.29) is 24.3 Å². The van der Waals surface area contributed by atoms with Crippen LogP contribution >= 0.6 is 0 Å². The molecule has 2 fully saturated rings. The van der Waals surface area contributed by atoms with Gasteiger partial charge in [0.05, 0.1) is 6.61 Å². The van der Waals surface area contributed by atoms with Crippen molar-refractivity contribution in [1.82, 2.24) is 20.0 Å². The van der Waals surface area contributed by atoms with E-state index in [0.29, 0.717) is 50.1 Å². The molecule has 0 bridgehead atoms. The van der Waals surface area contributed by atoms with Gasteiger partial charge in [-0.25, -0.2) is 0 Å². The SMILES string of the molecule is Cc1cccc(C(=O)N2C(C(=O)NCCN(C)C)COC23CCN(C(=O)c2ccccc2C)CC3)c1. The van der Waals surface area contributed by atoms with Crippen LogP contribution in [-0.2, 0) is 9.53 Å². The van der Waals surface area contributed by atoms with E-state index in [1.54, 1.807) is 11.0 Å². The molecule has 0 aliphatic carbocycles. The van der Waals surface area contributed by atoms with E-state index in [9.17, 15) is 14.4 Å². The van der Waals surface area contributed by atoms with Gasteiger partial charge in [-0.2, -0.15) is 0 Å². The number of ether oxygens (including phenoxy) is 1. The fourth-order valence-electron chi connectivity index (χ4n) is 5.05. The molecule has 0 aromatic heterocycles. The Bertz CT molecular complexity index is 1120. The first-order chi connectivity index (χ1) is 17.2. The summed E-state index contributed by atoms with van der Waals surface area (Å²) in [6.45, 7) is 6.08. The number of carbonyl (C=O) groups excluding carboxylic acids is 3. The number of likely N-dealkylation sites (N-methyl/N-ethyl adjacent to an activating group) is 1. The van der Waals surface area contributed by atoms with Crippen LogP contribution < -0.4 is 5.32 Å². The molecule has 2 aromatic rings. The van der Waals surface area contributed by atoms with Crippen molar-refractivity contribution in [3.63, 3.8) is 0 Å². The molecule has 0 saturated carbocycles. The molecule has 8 nitrogen and oxygen atoms in total. The van der Waals surface area contributed by atoms with Gasteiger partial charge in [-0.05, 0) is 51.7 Å². The van der Waals surface area contributed by atoms with E-state index >= 15 is 0 Å². The van der Waals surface area contributed by atoms with Gasteiger partial charge < -0.3 is 19.9 Å². The Kier molecular flexibility index (Phi) is 7.76. The molecule has 2 heterocycles. The number of nitrogens with one attached hydrogen (secondary N) is 1. The van der Waals surface area contributed by atoms with Gasteiger partial charge in [0.25, 0.3) is 11.8 Å². The zero-order valence-corrected chi connectivity index (χ0v) is 21.6. The van der Waals surface area contributed by atoms with Crippen LogP contribution in [0.1, 0.15) is 44.7 Å². The molecule has 1 spiro atoms. The van der Waals surface area contributed by atoms with Crippen molar-refractivity contribution in [3.8, 4) is 0 Å². The second-order valence-corrected chi connectivity index (χ2v) is 10.0. The number of aryl methyl sites for hydroxylation is 2. The van der Waals surface area contributed by atoms with Crippen LogP contribution in [0.25, 0.3) is 0 Å². The lowest BCUT2D eigenvalue weighted by molar-refractivity contribution is -0.128. The highest BCUT2D eigenvalue weighted by atomic mass is 16.5. The third kappa shape index (κ3) is 5.29. The van der Waals surface area contributed by atoms with Crippen LogP contribution in [0.3, 0.4) is 0 Å². The molecule has 0 radical (unpaired) electrons. The molecule has 1 unspecified atom stereocenters. The van der Waals surface area contributed by atoms with Crippen LogP contribution in [0.15, 0.2) is 48.5 Å². The molecule has 36 heavy (non-hydrogen) atoms. The van der Waals surface area contributed by atoms with Gasteiger partial charge >= 0.3 is 0 Å². The van der Waals surface area contributed by atoms with E-state index < -0.39 is 11.8 Å². The maximum atomic E-state index is 13.8. The number of likely N-dealkylation sites (tertiary alicyclic amines) is 1. The van der Waals surface area contributed by atoms with E-state index in [4.69, 9.17) is 4.74 Å². The Labute approximate surface area is 213 Å². The molecule has 192 valence electrons. The first kappa shape index (κ1) is 25.9. The predicted octanol–water partition coefficient (Wildman–Crippen LogP) is 2.45. The molecule has 4 rings (SSSR count). The second kappa shape index (κ2) is 10.8. The summed E-state index contributed by atoms with van der Waals surface area (Å²) in [5, 5.41) is 2.96. The summed E-state index contributed by atoms with van der Waals surface area (Å²) in [4.78, 5) is 45.6. The number of amides is 3. The summed E-state index contributed by atoms with van der Waals surface area (Å²) in [6, 6.07) is 14.2. The van der Waals surface area contributed by atoms with Crippen molar-refractivity contribution in [2.45, 2.75) is 38.5 Å². The van der Waals surface area contributed by atoms with Crippen molar-refractivity contribution in [2.24, 2.45) is 0 Å². The van der Waals surface area contributed by atoms with Crippen LogP contribution in [0.2, 0.25) is 0 Å². The summed E-state index contributed by atoms with van der Waals surface area (Å²) < 4.78 is 6.28. The van der Waals surface area contributed by atoms with Gasteiger partial charge in [0, 0.05) is 50.1 Å². The molecule has 2 saturated heterocycles. The maximum Gasteiger partial charge on any atom is 0.256 e. The topological polar surface area (TPSA) is 82.2 Å². The molecule has 8 heteroatoms. The zero-order valence-electron chi connectivity index (χ0n) is 21.6. The van der Waals surface area contributed by atoms with Gasteiger partial charge in [0.2, 0.25) is 5.91 Å². The summed E-state index contributed by atoms with van der Waals surface area (Å²) in [5.41, 5.74) is 2.20. The average Bonchev–Trinajstić information content (AvgIpc) is 3.22. The Morgan fingerprint density at radius 2 is 1.75 bits per heavy atom. The summed E-state index contributed by atoms with van der Waals surface area (Å²) in [5.74, 6) is -0.453. The quantitative estimate of drug-likeness (QED) is 0.670. The summed E-state index contributed by atoms with van der Waals surface area (Å²) >= 11 is 0. The van der Waals surface area contributed by atoms with Gasteiger partial charge in [-0.3, -0.25) is 19.3 Å². The van der Waals surface area contributed by atoms with Gasteiger partial charge in [0.1, 0.15) is 11.8 Å². The monoisotopic (exact) mass is 492 g/mol. The molecule has 2 aliphatic rings. The third-order valence-corrected chi connectivity index (χ3v) is 7.11. The molecular formula is C28H36N4O4. The number of hydrogen-bond acceptors (Lipinski definition) is 5. The molecule has 2 aliphatic heterocycles. The fraction of sp³-hybridized carbons (Fsp3) is 0.464. The lowest BCUT2D eigenvalue weighted by Gasteiger charge is -2.44. The minimum absolute atomic E-state index is 0.0181. The third-order valence-electron chi connectivity index (χ3n) is 7.11. The van der Waals surface area contributed by atoms with Crippen molar-refractivity contribution >= 4 is 17.7 Å². The van der Waals surface area contributed by atoms with E-state index in [1.165, 1.54) is 0 Å². The number of carbonyl (C=O) groups is 3. The van der Waals surface area contributed by atoms with Crippen LogP contribution in [0.5, 0.6) is 0 Å². The van der Waals surface area contributed by atoms with Crippen molar-refractivity contribution < 1.29 is 19.1 Å². The lowest BCUT2D eigenvalue weighted by atomic mass is 9.95. The lowest BCUT2D eigenvalue weighted by Crippen LogP contribution is -2.60. The van der Waals surface area contributed by atoms with Crippen LogP contribution in [-0.4, -0.2) is 91.1 Å². The Balaban J connectivity index is 1.56. The Hall–Kier alpha value is -3.23. The minimum Gasteiger partial charge on any atom is -0.353 e. The minimum atomic E-state index is -0.924. The van der Waals surface area contributed by atoms with Crippen LogP contribution in [0, 0.1) is 13.8 Å². The number of nitrogens with zero attached hydrogens (tertiary/aromatic N) is 3. The highest BCUT2D eigenvalue weighted by molar-refractivity contribution is 5.99. The Morgan fingerprint density at radius 1 is 1.03 bits per heavy atom. The van der Waals surface area contributed by atoms with E-state index in [1.807, 2.05) is 80.2 Å². The number of hydrogen-bond donors (Lipinski definition) is 1. The van der Waals surface area contributed by atoms with E-state index in [2.05, 4.69) is 5.32 Å².